The van der Waals surface area contributed by atoms with Crippen LogP contribution in [-0.2, 0) is 16.0 Å². The van der Waals surface area contributed by atoms with Crippen LogP contribution in [-0.4, -0.2) is 28.8 Å². The number of benzene rings is 1. The summed E-state index contributed by atoms with van der Waals surface area (Å²) in [5.41, 5.74) is 0.437. The number of carbonyl (C=O) groups excluding carboxylic acids is 2. The maximum Gasteiger partial charge on any atom is 0.152 e. The first-order valence-corrected chi connectivity index (χ1v) is 8.14. The van der Waals surface area contributed by atoms with Gasteiger partial charge in [0.2, 0.25) is 0 Å². The molecule has 2 N–H and O–H groups in total. The Morgan fingerprint density at radius 1 is 1.13 bits per heavy atom. The zero-order chi connectivity index (χ0) is 17.8. The number of phenols is 1. The van der Waals surface area contributed by atoms with E-state index >= 15 is 0 Å². The molecule has 1 aromatic rings. The van der Waals surface area contributed by atoms with Crippen molar-refractivity contribution in [1.29, 1.82) is 0 Å². The van der Waals surface area contributed by atoms with Crippen LogP contribution in [0.4, 0.5) is 0 Å². The molecule has 0 aromatic heterocycles. The zero-order valence-corrected chi connectivity index (χ0v) is 15.0. The highest BCUT2D eigenvalue weighted by atomic mass is 16.3. The number of phenolic OH excluding ortho intramolecular Hbond substituents is 1. The minimum atomic E-state index is -0.537. The highest BCUT2D eigenvalue weighted by Crippen LogP contribution is 2.23. The average molecular weight is 319 g/mol. The third-order valence-electron chi connectivity index (χ3n) is 4.73. The normalized spacial score (nSPS) is 14.6. The number of hydrogen-bond donors (Lipinski definition) is 2. The fourth-order valence-electron chi connectivity index (χ4n) is 2.33. The third kappa shape index (κ3) is 5.17. The number of nitrogens with one attached hydrogen (secondary N) is 1. The maximum absolute atomic E-state index is 12.5. The molecule has 0 aliphatic heterocycles. The van der Waals surface area contributed by atoms with Crippen LogP contribution in [0.25, 0.3) is 0 Å². The monoisotopic (exact) mass is 319 g/mol. The average Bonchev–Trinajstić information content (AvgIpc) is 2.47. The van der Waals surface area contributed by atoms with E-state index in [0.717, 1.165) is 5.56 Å². The van der Waals surface area contributed by atoms with E-state index in [1.54, 1.807) is 19.1 Å². The molecular weight excluding hydrogens is 290 g/mol. The summed E-state index contributed by atoms with van der Waals surface area (Å²) in [7, 11) is 0. The molecule has 0 spiro atoms. The van der Waals surface area contributed by atoms with Crippen molar-refractivity contribution in [1.82, 2.24) is 5.32 Å². The molecule has 0 aliphatic rings. The number of rotatable bonds is 8. The number of carbonyl (C=O) groups is 2. The van der Waals surface area contributed by atoms with Gasteiger partial charge in [-0.2, -0.15) is 0 Å². The molecule has 0 saturated heterocycles. The first kappa shape index (κ1) is 19.4. The summed E-state index contributed by atoms with van der Waals surface area (Å²) in [5.74, 6) is 0.346. The lowest BCUT2D eigenvalue weighted by molar-refractivity contribution is -0.128. The summed E-state index contributed by atoms with van der Waals surface area (Å²) in [6, 6.07) is 6.40. The quantitative estimate of drug-likeness (QED) is 0.772. The van der Waals surface area contributed by atoms with Crippen molar-refractivity contribution in [3.8, 4) is 5.75 Å². The second-order valence-electron chi connectivity index (χ2n) is 7.15. The smallest absolute Gasteiger partial charge is 0.152 e. The summed E-state index contributed by atoms with van der Waals surface area (Å²) in [4.78, 5) is 24.4. The number of Topliss-reactive ketones (excluding diaryl/α,β-unsaturated/α-hetero) is 2. The molecule has 4 nitrogen and oxygen atoms in total. The van der Waals surface area contributed by atoms with Crippen molar-refractivity contribution in [3.63, 3.8) is 0 Å². The number of ketones is 2. The van der Waals surface area contributed by atoms with Gasteiger partial charge in [0.1, 0.15) is 11.5 Å². The van der Waals surface area contributed by atoms with Crippen molar-refractivity contribution in [2.24, 2.45) is 11.3 Å². The summed E-state index contributed by atoms with van der Waals surface area (Å²) in [6.45, 7) is 11.1. The lowest BCUT2D eigenvalue weighted by atomic mass is 9.80. The topological polar surface area (TPSA) is 66.4 Å². The summed E-state index contributed by atoms with van der Waals surface area (Å²) in [6.07, 6.45) is 0.537. The molecule has 2 unspecified atom stereocenters. The van der Waals surface area contributed by atoms with Crippen LogP contribution in [0.5, 0.6) is 5.75 Å². The lowest BCUT2D eigenvalue weighted by Gasteiger charge is -2.33. The second kappa shape index (κ2) is 7.73. The molecule has 0 bridgehead atoms. The fourth-order valence-corrected chi connectivity index (χ4v) is 2.33. The predicted octanol–water partition coefficient (Wildman–Crippen LogP) is 3.12. The van der Waals surface area contributed by atoms with E-state index in [4.69, 9.17) is 0 Å². The first-order valence-electron chi connectivity index (χ1n) is 8.14. The van der Waals surface area contributed by atoms with Crippen molar-refractivity contribution in [3.05, 3.63) is 29.8 Å². The Hall–Kier alpha value is -1.68. The second-order valence-corrected chi connectivity index (χ2v) is 7.15. The molecular formula is C19H29NO3. The van der Waals surface area contributed by atoms with Crippen LogP contribution in [0.2, 0.25) is 0 Å². The molecule has 23 heavy (non-hydrogen) atoms. The van der Waals surface area contributed by atoms with Crippen molar-refractivity contribution in [2.75, 3.05) is 0 Å². The minimum absolute atomic E-state index is 0.0859. The minimum Gasteiger partial charge on any atom is -0.508 e. The molecule has 0 radical (unpaired) electrons. The van der Waals surface area contributed by atoms with E-state index in [-0.39, 0.29) is 35.3 Å². The van der Waals surface area contributed by atoms with E-state index < -0.39 is 5.41 Å². The van der Waals surface area contributed by atoms with Gasteiger partial charge in [-0.3, -0.25) is 9.59 Å². The highest BCUT2D eigenvalue weighted by molar-refractivity contribution is 5.86. The maximum atomic E-state index is 12.5. The van der Waals surface area contributed by atoms with Gasteiger partial charge in [0.15, 0.2) is 5.78 Å². The van der Waals surface area contributed by atoms with Crippen LogP contribution in [0.3, 0.4) is 0 Å². The Morgan fingerprint density at radius 2 is 1.65 bits per heavy atom. The Balaban J connectivity index is 2.95. The van der Waals surface area contributed by atoms with Gasteiger partial charge < -0.3 is 10.4 Å². The van der Waals surface area contributed by atoms with Crippen LogP contribution in [0.1, 0.15) is 47.1 Å². The van der Waals surface area contributed by atoms with Crippen molar-refractivity contribution >= 4 is 11.6 Å². The highest BCUT2D eigenvalue weighted by Gasteiger charge is 2.34. The summed E-state index contributed by atoms with van der Waals surface area (Å²) < 4.78 is 0. The predicted molar refractivity (Wildman–Crippen MR) is 92.5 cm³/mol. The van der Waals surface area contributed by atoms with Crippen molar-refractivity contribution in [2.45, 2.75) is 60.0 Å². The van der Waals surface area contributed by atoms with Gasteiger partial charge in [0.05, 0.1) is 6.04 Å². The fraction of sp³-hybridized carbons (Fsp3) is 0.579. The zero-order valence-electron chi connectivity index (χ0n) is 15.0. The molecule has 0 aliphatic carbocycles. The lowest BCUT2D eigenvalue weighted by Crippen LogP contribution is -2.52. The van der Waals surface area contributed by atoms with E-state index in [0.29, 0.717) is 6.42 Å². The van der Waals surface area contributed by atoms with Crippen molar-refractivity contribution < 1.29 is 14.7 Å². The van der Waals surface area contributed by atoms with Crippen LogP contribution in [0, 0.1) is 11.3 Å². The summed E-state index contributed by atoms with van der Waals surface area (Å²) in [5, 5.41) is 12.7. The van der Waals surface area contributed by atoms with Crippen LogP contribution in [0.15, 0.2) is 24.3 Å². The van der Waals surface area contributed by atoms with Gasteiger partial charge in [-0.1, -0.05) is 39.8 Å². The van der Waals surface area contributed by atoms with E-state index in [9.17, 15) is 14.7 Å². The molecule has 1 rings (SSSR count). The standard InChI is InChI=1S/C19H29NO3/c1-12(2)18(23)17(11-15-7-9-16(22)10-8-15)20-13(3)19(5,6)14(4)21/h7-10,12-13,17,20,22H,11H2,1-6H3. The Morgan fingerprint density at radius 3 is 2.09 bits per heavy atom. The summed E-state index contributed by atoms with van der Waals surface area (Å²) >= 11 is 0. The molecule has 0 saturated carbocycles. The Labute approximate surface area is 139 Å². The van der Waals surface area contributed by atoms with Gasteiger partial charge in [-0.05, 0) is 38.0 Å². The number of hydrogen-bond acceptors (Lipinski definition) is 4. The van der Waals surface area contributed by atoms with E-state index in [1.807, 2.05) is 46.8 Å². The van der Waals surface area contributed by atoms with Gasteiger partial charge in [0.25, 0.3) is 0 Å². The van der Waals surface area contributed by atoms with Gasteiger partial charge in [0, 0.05) is 17.4 Å². The Bertz CT molecular complexity index is 546. The molecule has 1 aromatic carbocycles. The van der Waals surface area contributed by atoms with Gasteiger partial charge in [-0.25, -0.2) is 0 Å². The van der Waals surface area contributed by atoms with E-state index in [2.05, 4.69) is 5.32 Å². The SMILES string of the molecule is CC(=O)C(C)(C)C(C)NC(Cc1ccc(O)cc1)C(=O)C(C)C. The molecule has 0 amide bonds. The molecule has 0 fully saturated rings. The van der Waals surface area contributed by atoms with Crippen LogP contribution >= 0.6 is 0 Å². The van der Waals surface area contributed by atoms with Crippen LogP contribution < -0.4 is 5.32 Å². The Kier molecular flexibility index (Phi) is 6.51. The molecule has 0 heterocycles. The first-order chi connectivity index (χ1) is 10.6. The molecule has 2 atom stereocenters. The molecule has 128 valence electrons. The van der Waals surface area contributed by atoms with Gasteiger partial charge in [-0.15, -0.1) is 0 Å². The van der Waals surface area contributed by atoms with E-state index in [1.165, 1.54) is 0 Å². The third-order valence-corrected chi connectivity index (χ3v) is 4.73. The van der Waals surface area contributed by atoms with Gasteiger partial charge >= 0.3 is 0 Å². The molecule has 4 heteroatoms. The largest absolute Gasteiger partial charge is 0.508 e. The number of aromatic hydroxyl groups is 1.